The fraction of sp³-hybridized carbons (Fsp3) is 0.250. The van der Waals surface area contributed by atoms with E-state index in [0.29, 0.717) is 71.2 Å². The van der Waals surface area contributed by atoms with Gasteiger partial charge in [-0.1, -0.05) is 17.3 Å². The molecule has 2 aliphatic rings. The number of hydrogen-bond donors (Lipinski definition) is 3. The number of aromatic amines is 1. The molecule has 2 aromatic carbocycles. The van der Waals surface area contributed by atoms with Gasteiger partial charge in [0.2, 0.25) is 0 Å². The van der Waals surface area contributed by atoms with Crippen LogP contribution in [0.3, 0.4) is 0 Å². The van der Waals surface area contributed by atoms with Crippen LogP contribution >= 0.6 is 0 Å². The lowest BCUT2D eigenvalue weighted by molar-refractivity contribution is -0.362. The third-order valence-corrected chi connectivity index (χ3v) is 10.2. The molecule has 3 N–H and O–H groups in total. The minimum absolute atomic E-state index is 0.0570. The van der Waals surface area contributed by atoms with Crippen LogP contribution < -0.4 is 14.9 Å². The molecule has 19 heteroatoms. The number of carbonyl (C=O) groups is 2. The number of aryl methyl sites for hydroxylation is 3. The van der Waals surface area contributed by atoms with Crippen molar-refractivity contribution in [3.63, 3.8) is 0 Å². The van der Waals surface area contributed by atoms with E-state index in [9.17, 15) is 24.6 Å². The number of rotatable bonds is 14. The maximum Gasteiger partial charge on any atom is 0.639 e. The number of aliphatic imine (C=N–C) groups is 1. The van der Waals surface area contributed by atoms with Crippen LogP contribution in [0.1, 0.15) is 61.7 Å². The molecule has 2 aliphatic heterocycles. The first-order valence-electron chi connectivity index (χ1n) is 18.7. The van der Waals surface area contributed by atoms with Crippen molar-refractivity contribution in [3.05, 3.63) is 116 Å². The smallest absolute Gasteiger partial charge is 0.492 e. The van der Waals surface area contributed by atoms with Crippen molar-refractivity contribution in [1.82, 2.24) is 29.4 Å². The van der Waals surface area contributed by atoms with Gasteiger partial charge in [0.05, 0.1) is 48.3 Å². The summed E-state index contributed by atoms with van der Waals surface area (Å²) in [5.41, 5.74) is 4.05. The Kier molecular flexibility index (Phi) is 9.91. The Labute approximate surface area is 333 Å². The van der Waals surface area contributed by atoms with Gasteiger partial charge in [0.1, 0.15) is 30.4 Å². The number of pyridine rings is 2. The summed E-state index contributed by atoms with van der Waals surface area (Å²) >= 11 is 0. The number of hydrogen-bond acceptors (Lipinski definition) is 10. The van der Waals surface area contributed by atoms with Gasteiger partial charge in [-0.25, -0.2) is 19.3 Å². The summed E-state index contributed by atoms with van der Waals surface area (Å²) in [5.74, 6) is -1.58. The summed E-state index contributed by atoms with van der Waals surface area (Å²) in [4.78, 5) is 47.6. The number of aromatic nitrogens is 6. The molecule has 0 bridgehead atoms. The van der Waals surface area contributed by atoms with Crippen molar-refractivity contribution in [2.24, 2.45) is 4.99 Å². The van der Waals surface area contributed by atoms with Gasteiger partial charge in [-0.05, 0) is 72.4 Å². The molecule has 0 aliphatic carbocycles. The van der Waals surface area contributed by atoms with E-state index in [4.69, 9.17) is 14.2 Å². The Morgan fingerprint density at radius 1 is 0.932 bits per heavy atom. The van der Waals surface area contributed by atoms with Crippen LogP contribution in [-0.4, -0.2) is 101 Å². The predicted octanol–water partition coefficient (Wildman–Crippen LogP) is 5.02. The first-order valence-corrected chi connectivity index (χ1v) is 18.7. The third-order valence-electron chi connectivity index (χ3n) is 10.2. The second-order valence-electron chi connectivity index (χ2n) is 14.3. The number of H-pyrrole nitrogens is 1. The van der Waals surface area contributed by atoms with E-state index in [1.807, 2.05) is 19.1 Å². The molecule has 0 fully saturated rings. The minimum atomic E-state index is -4.09. The first kappa shape index (κ1) is 38.8. The number of ether oxygens (including phenoxy) is 3. The number of benzene rings is 2. The number of carboxylic acid groups (broad SMARTS) is 2. The zero-order chi connectivity index (χ0) is 41.7. The standard InChI is InChI=1S/C40H37BF2N8O8/c1-21-15-23(3)51-37(21)34(38-44-22(2)19-50(38)41(51,42)43)25-5-7-27(8-6-25)58-12-10-49-20-26(47-48-49)9-11-57-13-14-59-33-18-31(40(55)56)46-36-24(4)35-28(16-29(33)36)32(52)17-30(45-35)39(53)54/h5-8,15-20H,9-14H2,1-4H3,(H,45,52)(H,53,54)(H,55,56). The minimum Gasteiger partial charge on any atom is -0.492 e. The number of fused-ring (bicyclic) bond motifs is 4. The number of carboxylic acids is 2. The molecule has 302 valence electrons. The first-order chi connectivity index (χ1) is 28.2. The van der Waals surface area contributed by atoms with Gasteiger partial charge in [-0.2, -0.15) is 0 Å². The van der Waals surface area contributed by atoms with Crippen LogP contribution in [-0.2, 0) is 17.7 Å². The second kappa shape index (κ2) is 15.1. The zero-order valence-electron chi connectivity index (χ0n) is 32.3. The van der Waals surface area contributed by atoms with Gasteiger partial charge < -0.3 is 47.0 Å². The summed E-state index contributed by atoms with van der Waals surface area (Å²) in [5, 5.41) is 28.0. The fourth-order valence-corrected chi connectivity index (χ4v) is 7.57. The van der Waals surface area contributed by atoms with E-state index in [0.717, 1.165) is 26.2 Å². The zero-order valence-corrected chi connectivity index (χ0v) is 32.3. The van der Waals surface area contributed by atoms with E-state index in [1.165, 1.54) is 18.3 Å². The lowest BCUT2D eigenvalue weighted by Crippen LogP contribution is -2.50. The molecular weight excluding hydrogens is 769 g/mol. The van der Waals surface area contributed by atoms with E-state index in [2.05, 4.69) is 25.3 Å². The van der Waals surface area contributed by atoms with E-state index in [-0.39, 0.29) is 52.6 Å². The molecule has 0 saturated heterocycles. The third kappa shape index (κ3) is 7.13. The molecule has 0 amide bonds. The van der Waals surface area contributed by atoms with Crippen LogP contribution in [0.2, 0.25) is 0 Å². The highest BCUT2D eigenvalue weighted by Gasteiger charge is 2.50. The molecule has 0 saturated carbocycles. The molecule has 0 radical (unpaired) electrons. The number of nitrogens with one attached hydrogen (secondary N) is 1. The van der Waals surface area contributed by atoms with Crippen molar-refractivity contribution in [2.45, 2.75) is 40.7 Å². The van der Waals surface area contributed by atoms with Crippen molar-refractivity contribution in [3.8, 4) is 11.5 Å². The molecule has 8 rings (SSSR count). The molecule has 6 aromatic rings. The lowest BCUT2D eigenvalue weighted by Gasteiger charge is -2.34. The van der Waals surface area contributed by atoms with Crippen molar-refractivity contribution in [1.29, 1.82) is 0 Å². The van der Waals surface area contributed by atoms with Crippen molar-refractivity contribution < 1.29 is 47.1 Å². The summed E-state index contributed by atoms with van der Waals surface area (Å²) in [7, 11) is 0. The maximum atomic E-state index is 15.7. The maximum absolute atomic E-state index is 15.7. The van der Waals surface area contributed by atoms with Gasteiger partial charge in [0.15, 0.2) is 16.8 Å². The molecule has 16 nitrogen and oxygen atoms in total. The van der Waals surface area contributed by atoms with Crippen LogP contribution in [0.5, 0.6) is 11.5 Å². The monoisotopic (exact) mass is 806 g/mol. The number of aromatic carboxylic acids is 2. The highest BCUT2D eigenvalue weighted by molar-refractivity contribution is 6.59. The van der Waals surface area contributed by atoms with Gasteiger partial charge in [-0.3, -0.25) is 4.79 Å². The molecule has 59 heavy (non-hydrogen) atoms. The van der Waals surface area contributed by atoms with Crippen molar-refractivity contribution in [2.75, 3.05) is 26.4 Å². The SMILES string of the molecule is CC1=NC2=C(c3ccc(OCCn4cc(CCOCCOc5cc(C(=O)O)nc6c(C)c7[nH]c(C(=O)O)cc(=O)c7cc56)nn4)cc3)c3c(C)cc(C)n3[B-](F)(F)[N+]2=C1. The Balaban J connectivity index is 0.845. The van der Waals surface area contributed by atoms with E-state index < -0.39 is 24.3 Å². The quantitative estimate of drug-likeness (QED) is 0.0759. The number of halogens is 2. The molecular formula is C40H37BF2N8O8. The highest BCUT2D eigenvalue weighted by atomic mass is 19.2. The second-order valence-corrected chi connectivity index (χ2v) is 14.3. The Morgan fingerprint density at radius 3 is 2.46 bits per heavy atom. The molecule has 4 aromatic heterocycles. The van der Waals surface area contributed by atoms with E-state index in [1.54, 1.807) is 49.8 Å². The van der Waals surface area contributed by atoms with Crippen LogP contribution in [0.4, 0.5) is 8.63 Å². The van der Waals surface area contributed by atoms with Crippen LogP contribution in [0, 0.1) is 20.8 Å². The molecule has 0 spiro atoms. The normalized spacial score (nSPS) is 14.3. The van der Waals surface area contributed by atoms with E-state index >= 15 is 8.63 Å². The van der Waals surface area contributed by atoms with Gasteiger partial charge in [0, 0.05) is 48.1 Å². The fourth-order valence-electron chi connectivity index (χ4n) is 7.57. The van der Waals surface area contributed by atoms with Crippen LogP contribution in [0.15, 0.2) is 70.3 Å². The van der Waals surface area contributed by atoms with Crippen LogP contribution in [0.25, 0.3) is 27.4 Å². The number of nitrogens with zero attached hydrogens (tertiary/aromatic N) is 7. The Hall–Kier alpha value is -7.02. The average Bonchev–Trinajstić information content (AvgIpc) is 3.90. The summed E-state index contributed by atoms with van der Waals surface area (Å²) in [6.45, 7) is 3.98. The lowest BCUT2D eigenvalue weighted by atomic mass is 9.87. The topological polar surface area (TPSA) is 199 Å². The Morgan fingerprint density at radius 2 is 1.71 bits per heavy atom. The molecule has 0 atom stereocenters. The molecule has 6 heterocycles. The summed E-state index contributed by atoms with van der Waals surface area (Å²) < 4.78 is 52.7. The van der Waals surface area contributed by atoms with Crippen molar-refractivity contribution >= 4 is 58.2 Å². The Bertz CT molecular complexity index is 2880. The predicted molar refractivity (Wildman–Crippen MR) is 213 cm³/mol. The average molecular weight is 807 g/mol. The highest BCUT2D eigenvalue weighted by Crippen LogP contribution is 2.41. The molecule has 0 unspecified atom stereocenters. The van der Waals surface area contributed by atoms with Gasteiger partial charge in [0.25, 0.3) is 5.82 Å². The van der Waals surface area contributed by atoms with Gasteiger partial charge >= 0.3 is 18.9 Å². The van der Waals surface area contributed by atoms with Gasteiger partial charge in [-0.15, -0.1) is 5.10 Å². The summed E-state index contributed by atoms with van der Waals surface area (Å²) in [6.07, 6.45) is 3.65. The summed E-state index contributed by atoms with van der Waals surface area (Å²) in [6, 6.07) is 12.8. The largest absolute Gasteiger partial charge is 0.639 e.